The van der Waals surface area contributed by atoms with E-state index >= 15 is 0 Å². The van der Waals surface area contributed by atoms with Crippen LogP contribution in [0.4, 0.5) is 0 Å². The molecule has 2 fully saturated rings. The number of aliphatic hydroxyl groups excluding tert-OH is 1. The average Bonchev–Trinajstić information content (AvgIpc) is 3.01. The molecule has 1 aromatic carbocycles. The van der Waals surface area contributed by atoms with Crippen LogP contribution in [0.1, 0.15) is 24.8 Å². The van der Waals surface area contributed by atoms with E-state index in [1.54, 1.807) is 0 Å². The summed E-state index contributed by atoms with van der Waals surface area (Å²) in [7, 11) is 0. The van der Waals surface area contributed by atoms with Gasteiger partial charge in [-0.05, 0) is 30.2 Å². The zero-order valence-corrected chi connectivity index (χ0v) is 12.1. The minimum atomic E-state index is -0.363. The molecule has 1 aliphatic carbocycles. The summed E-state index contributed by atoms with van der Waals surface area (Å²) >= 11 is 0. The van der Waals surface area contributed by atoms with Crippen LogP contribution in [0.15, 0.2) is 30.3 Å². The zero-order valence-electron chi connectivity index (χ0n) is 12.1. The second kappa shape index (κ2) is 6.70. The molecule has 3 nitrogen and oxygen atoms in total. The lowest BCUT2D eigenvalue weighted by Crippen LogP contribution is -2.34. The molecule has 20 heavy (non-hydrogen) atoms. The summed E-state index contributed by atoms with van der Waals surface area (Å²) in [5.74, 6) is 1.79. The molecule has 3 unspecified atom stereocenters. The molecule has 3 rings (SSSR count). The molecule has 0 spiro atoms. The quantitative estimate of drug-likeness (QED) is 0.864. The van der Waals surface area contributed by atoms with E-state index in [9.17, 15) is 5.11 Å². The first kappa shape index (κ1) is 14.1. The van der Waals surface area contributed by atoms with Gasteiger partial charge >= 0.3 is 0 Å². The van der Waals surface area contributed by atoms with Crippen molar-refractivity contribution in [1.29, 1.82) is 0 Å². The lowest BCUT2D eigenvalue weighted by Gasteiger charge is -2.20. The van der Waals surface area contributed by atoms with E-state index in [4.69, 9.17) is 4.74 Å². The monoisotopic (exact) mass is 275 g/mol. The number of aliphatic hydroxyl groups is 1. The van der Waals surface area contributed by atoms with Gasteiger partial charge in [0.25, 0.3) is 0 Å². The molecule has 110 valence electrons. The first-order valence-electron chi connectivity index (χ1n) is 7.83. The number of likely N-dealkylation sites (tertiary alicyclic amines) is 1. The van der Waals surface area contributed by atoms with Crippen molar-refractivity contribution in [3.05, 3.63) is 35.9 Å². The van der Waals surface area contributed by atoms with Crippen LogP contribution in [-0.4, -0.2) is 42.4 Å². The van der Waals surface area contributed by atoms with Crippen molar-refractivity contribution in [3.63, 3.8) is 0 Å². The van der Waals surface area contributed by atoms with Gasteiger partial charge in [0.15, 0.2) is 0 Å². The van der Waals surface area contributed by atoms with Gasteiger partial charge in [0.1, 0.15) is 0 Å². The molecule has 1 saturated carbocycles. The fraction of sp³-hybridized carbons (Fsp3) is 0.647. The Labute approximate surface area is 121 Å². The molecular formula is C17H25NO2. The molecule has 3 heteroatoms. The van der Waals surface area contributed by atoms with Crippen LogP contribution < -0.4 is 0 Å². The Balaban J connectivity index is 1.34. The summed E-state index contributed by atoms with van der Waals surface area (Å²) in [6.07, 6.45) is 3.83. The van der Waals surface area contributed by atoms with Gasteiger partial charge in [-0.3, -0.25) is 0 Å². The van der Waals surface area contributed by atoms with E-state index in [2.05, 4.69) is 4.90 Å². The van der Waals surface area contributed by atoms with E-state index in [0.717, 1.165) is 23.9 Å². The molecular weight excluding hydrogens is 250 g/mol. The minimum absolute atomic E-state index is 0.363. The SMILES string of the molecule is OC(COCc1ccccc1)CN1CC2CCCC2C1. The maximum Gasteiger partial charge on any atom is 0.0900 e. The van der Waals surface area contributed by atoms with Gasteiger partial charge in [-0.25, -0.2) is 0 Å². The van der Waals surface area contributed by atoms with E-state index in [-0.39, 0.29) is 6.10 Å². The molecule has 1 saturated heterocycles. The Kier molecular flexibility index (Phi) is 4.71. The Morgan fingerprint density at radius 1 is 1.15 bits per heavy atom. The van der Waals surface area contributed by atoms with Crippen LogP contribution in [0, 0.1) is 11.8 Å². The smallest absolute Gasteiger partial charge is 0.0900 e. The first-order chi connectivity index (χ1) is 9.81. The summed E-state index contributed by atoms with van der Waals surface area (Å²) in [5, 5.41) is 10.1. The molecule has 1 heterocycles. The molecule has 2 aliphatic rings. The van der Waals surface area contributed by atoms with Crippen molar-refractivity contribution >= 4 is 0 Å². The highest BCUT2D eigenvalue weighted by Gasteiger charge is 2.36. The van der Waals surface area contributed by atoms with Crippen LogP contribution in [-0.2, 0) is 11.3 Å². The number of ether oxygens (including phenoxy) is 1. The maximum absolute atomic E-state index is 10.1. The molecule has 0 amide bonds. The molecule has 1 aromatic rings. The van der Waals surface area contributed by atoms with Gasteiger partial charge in [-0.1, -0.05) is 36.8 Å². The topological polar surface area (TPSA) is 32.7 Å². The first-order valence-corrected chi connectivity index (χ1v) is 7.83. The number of nitrogens with zero attached hydrogens (tertiary/aromatic N) is 1. The van der Waals surface area contributed by atoms with Crippen LogP contribution in [0.3, 0.4) is 0 Å². The summed E-state index contributed by atoms with van der Waals surface area (Å²) < 4.78 is 5.61. The fourth-order valence-corrected chi connectivity index (χ4v) is 3.72. The number of hydrogen-bond donors (Lipinski definition) is 1. The fourth-order valence-electron chi connectivity index (χ4n) is 3.72. The standard InChI is InChI=1S/C17H25NO2/c19-17(13-20-12-14-5-2-1-3-6-14)11-18-9-15-7-4-8-16(15)10-18/h1-3,5-6,15-17,19H,4,7-13H2. The Bertz CT molecular complexity index is 397. The summed E-state index contributed by atoms with van der Waals surface area (Å²) in [6, 6.07) is 10.1. The highest BCUT2D eigenvalue weighted by molar-refractivity contribution is 5.13. The van der Waals surface area contributed by atoms with Crippen molar-refractivity contribution in [2.75, 3.05) is 26.2 Å². The largest absolute Gasteiger partial charge is 0.389 e. The lowest BCUT2D eigenvalue weighted by molar-refractivity contribution is 0.0123. The minimum Gasteiger partial charge on any atom is -0.389 e. The van der Waals surface area contributed by atoms with E-state index in [1.807, 2.05) is 30.3 Å². The van der Waals surface area contributed by atoms with Gasteiger partial charge in [0, 0.05) is 19.6 Å². The number of rotatable bonds is 6. The summed E-state index contributed by atoms with van der Waals surface area (Å²) in [5.41, 5.74) is 1.16. The number of benzene rings is 1. The Morgan fingerprint density at radius 3 is 2.55 bits per heavy atom. The number of fused-ring (bicyclic) bond motifs is 1. The van der Waals surface area contributed by atoms with Crippen molar-refractivity contribution < 1.29 is 9.84 Å². The van der Waals surface area contributed by atoms with E-state index < -0.39 is 0 Å². The van der Waals surface area contributed by atoms with Crippen LogP contribution in [0.25, 0.3) is 0 Å². The lowest BCUT2D eigenvalue weighted by atomic mass is 10.0. The second-order valence-electron chi connectivity index (χ2n) is 6.32. The number of hydrogen-bond acceptors (Lipinski definition) is 3. The average molecular weight is 275 g/mol. The van der Waals surface area contributed by atoms with Crippen molar-refractivity contribution in [3.8, 4) is 0 Å². The van der Waals surface area contributed by atoms with Crippen molar-refractivity contribution in [2.45, 2.75) is 32.0 Å². The Hall–Kier alpha value is -0.900. The Morgan fingerprint density at radius 2 is 1.85 bits per heavy atom. The third-order valence-electron chi connectivity index (χ3n) is 4.69. The zero-order chi connectivity index (χ0) is 13.8. The van der Waals surface area contributed by atoms with Gasteiger partial charge in [-0.15, -0.1) is 0 Å². The van der Waals surface area contributed by atoms with Crippen molar-refractivity contribution in [1.82, 2.24) is 4.90 Å². The van der Waals surface area contributed by atoms with Crippen LogP contribution >= 0.6 is 0 Å². The van der Waals surface area contributed by atoms with Gasteiger partial charge < -0.3 is 14.7 Å². The third-order valence-corrected chi connectivity index (χ3v) is 4.69. The third kappa shape index (κ3) is 3.60. The highest BCUT2D eigenvalue weighted by Crippen LogP contribution is 2.37. The van der Waals surface area contributed by atoms with Crippen molar-refractivity contribution in [2.24, 2.45) is 11.8 Å². The predicted octanol–water partition coefficient (Wildman–Crippen LogP) is 2.30. The molecule has 0 aromatic heterocycles. The second-order valence-corrected chi connectivity index (χ2v) is 6.32. The molecule has 0 radical (unpaired) electrons. The van der Waals surface area contributed by atoms with E-state index in [0.29, 0.717) is 13.2 Å². The van der Waals surface area contributed by atoms with Gasteiger partial charge in [0.05, 0.1) is 19.3 Å². The maximum atomic E-state index is 10.1. The van der Waals surface area contributed by atoms with Crippen LogP contribution in [0.2, 0.25) is 0 Å². The van der Waals surface area contributed by atoms with Crippen LogP contribution in [0.5, 0.6) is 0 Å². The van der Waals surface area contributed by atoms with E-state index in [1.165, 1.54) is 32.4 Å². The van der Waals surface area contributed by atoms with Gasteiger partial charge in [-0.2, -0.15) is 0 Å². The summed E-state index contributed by atoms with van der Waals surface area (Å²) in [6.45, 7) is 4.15. The molecule has 1 N–H and O–H groups in total. The summed E-state index contributed by atoms with van der Waals surface area (Å²) in [4.78, 5) is 2.42. The highest BCUT2D eigenvalue weighted by atomic mass is 16.5. The molecule has 3 atom stereocenters. The molecule has 0 bridgehead atoms. The predicted molar refractivity (Wildman–Crippen MR) is 79.4 cm³/mol. The number of β-amino-alcohol motifs (C(OH)–C–C–N with tert-alkyl or cyclic N) is 1. The normalized spacial score (nSPS) is 27.6. The van der Waals surface area contributed by atoms with Gasteiger partial charge in [0.2, 0.25) is 0 Å². The molecule has 1 aliphatic heterocycles.